The van der Waals surface area contributed by atoms with Gasteiger partial charge in [0.15, 0.2) is 0 Å². The molecule has 92 valence electrons. The van der Waals surface area contributed by atoms with Gasteiger partial charge in [-0.3, -0.25) is 0 Å². The molecule has 1 N–H and O–H groups in total. The van der Waals surface area contributed by atoms with E-state index in [1.165, 1.54) is 11.3 Å². The third kappa shape index (κ3) is 1.99. The van der Waals surface area contributed by atoms with Crippen molar-refractivity contribution >= 4 is 5.69 Å². The van der Waals surface area contributed by atoms with Crippen molar-refractivity contribution in [2.24, 2.45) is 0 Å². The average molecular weight is 241 g/mol. The zero-order valence-electron chi connectivity index (χ0n) is 10.4. The van der Waals surface area contributed by atoms with Crippen molar-refractivity contribution < 1.29 is 4.39 Å². The molecule has 0 saturated heterocycles. The predicted molar refractivity (Wildman–Crippen MR) is 72.5 cm³/mol. The quantitative estimate of drug-likeness (QED) is 0.798. The summed E-state index contributed by atoms with van der Waals surface area (Å²) >= 11 is 0. The molecule has 0 fully saturated rings. The van der Waals surface area contributed by atoms with Gasteiger partial charge in [0.25, 0.3) is 0 Å². The zero-order valence-corrected chi connectivity index (χ0v) is 10.4. The number of anilines is 1. The number of hydrogen-bond acceptors (Lipinski definition) is 1. The highest BCUT2D eigenvalue weighted by molar-refractivity contribution is 5.54. The van der Waals surface area contributed by atoms with Gasteiger partial charge in [-0.1, -0.05) is 35.9 Å². The predicted octanol–water partition coefficient (Wildman–Crippen LogP) is 3.89. The Balaban J connectivity index is 1.94. The second kappa shape index (κ2) is 4.45. The van der Waals surface area contributed by atoms with Crippen LogP contribution in [0, 0.1) is 12.7 Å². The van der Waals surface area contributed by atoms with Gasteiger partial charge in [-0.2, -0.15) is 0 Å². The van der Waals surface area contributed by atoms with Crippen LogP contribution in [0.1, 0.15) is 22.6 Å². The van der Waals surface area contributed by atoms with Crippen LogP contribution in [-0.2, 0) is 6.42 Å². The van der Waals surface area contributed by atoms with E-state index >= 15 is 0 Å². The molecule has 0 saturated carbocycles. The highest BCUT2D eigenvalue weighted by atomic mass is 19.1. The van der Waals surface area contributed by atoms with Crippen LogP contribution in [0.5, 0.6) is 0 Å². The molecular weight excluding hydrogens is 225 g/mol. The first-order valence-corrected chi connectivity index (χ1v) is 6.32. The summed E-state index contributed by atoms with van der Waals surface area (Å²) in [6.45, 7) is 2.81. The van der Waals surface area contributed by atoms with Crippen LogP contribution in [0.15, 0.2) is 42.5 Å². The molecule has 2 aromatic carbocycles. The lowest BCUT2D eigenvalue weighted by atomic mass is 9.87. The molecule has 1 aliphatic heterocycles. The normalized spacial score (nSPS) is 18.0. The van der Waals surface area contributed by atoms with E-state index in [1.54, 1.807) is 6.07 Å². The summed E-state index contributed by atoms with van der Waals surface area (Å²) in [5.74, 6) is 0.131. The van der Waals surface area contributed by atoms with Gasteiger partial charge in [-0.05, 0) is 36.6 Å². The Labute approximate surface area is 107 Å². The van der Waals surface area contributed by atoms with E-state index < -0.39 is 0 Å². The lowest BCUT2D eigenvalue weighted by molar-refractivity contribution is 0.575. The van der Waals surface area contributed by atoms with Crippen LogP contribution in [0.4, 0.5) is 10.1 Å². The van der Waals surface area contributed by atoms with Crippen LogP contribution in [0.25, 0.3) is 0 Å². The van der Waals surface area contributed by atoms with Gasteiger partial charge in [0.2, 0.25) is 0 Å². The third-order valence-electron chi connectivity index (χ3n) is 3.61. The second-order valence-electron chi connectivity index (χ2n) is 4.96. The van der Waals surface area contributed by atoms with Gasteiger partial charge in [0, 0.05) is 18.2 Å². The number of rotatable bonds is 1. The summed E-state index contributed by atoms with van der Waals surface area (Å²) < 4.78 is 13.9. The molecule has 1 nitrogen and oxygen atoms in total. The number of fused-ring (bicyclic) bond motifs is 1. The fraction of sp³-hybridized carbons (Fsp3) is 0.250. The summed E-state index contributed by atoms with van der Waals surface area (Å²) in [7, 11) is 0. The molecule has 1 atom stereocenters. The molecule has 1 aliphatic rings. The Morgan fingerprint density at radius 3 is 2.89 bits per heavy atom. The Morgan fingerprint density at radius 1 is 1.17 bits per heavy atom. The van der Waals surface area contributed by atoms with Crippen molar-refractivity contribution in [1.82, 2.24) is 0 Å². The maximum absolute atomic E-state index is 13.9. The molecule has 18 heavy (non-hydrogen) atoms. The van der Waals surface area contributed by atoms with Crippen molar-refractivity contribution in [3.8, 4) is 0 Å². The topological polar surface area (TPSA) is 12.0 Å². The van der Waals surface area contributed by atoms with E-state index in [0.29, 0.717) is 0 Å². The summed E-state index contributed by atoms with van der Waals surface area (Å²) in [5, 5.41) is 3.39. The summed E-state index contributed by atoms with van der Waals surface area (Å²) in [6, 6.07) is 13.6. The number of nitrogens with one attached hydrogen (secondary N) is 1. The fourth-order valence-corrected chi connectivity index (χ4v) is 2.64. The standard InChI is InChI=1S/C16H16FN/c1-11-6-7-15(17)14(8-11)13-9-12-4-2-3-5-16(12)18-10-13/h2-8,13,18H,9-10H2,1H3. The van der Waals surface area contributed by atoms with Gasteiger partial charge < -0.3 is 5.32 Å². The van der Waals surface area contributed by atoms with E-state index in [2.05, 4.69) is 17.4 Å². The van der Waals surface area contributed by atoms with Crippen LogP contribution in [-0.4, -0.2) is 6.54 Å². The molecular formula is C16H16FN. The molecule has 2 aromatic rings. The van der Waals surface area contributed by atoms with E-state index in [-0.39, 0.29) is 11.7 Å². The van der Waals surface area contributed by atoms with Crippen molar-refractivity contribution in [3.63, 3.8) is 0 Å². The zero-order chi connectivity index (χ0) is 12.5. The van der Waals surface area contributed by atoms with Crippen LogP contribution < -0.4 is 5.32 Å². The second-order valence-corrected chi connectivity index (χ2v) is 4.96. The van der Waals surface area contributed by atoms with Crippen LogP contribution >= 0.6 is 0 Å². The van der Waals surface area contributed by atoms with Crippen LogP contribution in [0.3, 0.4) is 0 Å². The molecule has 3 rings (SSSR count). The van der Waals surface area contributed by atoms with Gasteiger partial charge >= 0.3 is 0 Å². The lowest BCUT2D eigenvalue weighted by Gasteiger charge is -2.27. The number of halogens is 1. The summed E-state index contributed by atoms with van der Waals surface area (Å²) in [5.41, 5.74) is 4.40. The molecule has 1 heterocycles. The third-order valence-corrected chi connectivity index (χ3v) is 3.61. The van der Waals surface area contributed by atoms with Gasteiger partial charge in [0.1, 0.15) is 5.82 Å². The Bertz CT molecular complexity index is 577. The van der Waals surface area contributed by atoms with Crippen molar-refractivity contribution in [1.29, 1.82) is 0 Å². The van der Waals surface area contributed by atoms with Gasteiger partial charge in [-0.15, -0.1) is 0 Å². The number of benzene rings is 2. The minimum Gasteiger partial charge on any atom is -0.384 e. The van der Waals surface area contributed by atoms with Crippen molar-refractivity contribution in [2.45, 2.75) is 19.3 Å². The van der Waals surface area contributed by atoms with Crippen molar-refractivity contribution in [3.05, 3.63) is 65.0 Å². The molecule has 0 bridgehead atoms. The van der Waals surface area contributed by atoms with Gasteiger partial charge in [-0.25, -0.2) is 4.39 Å². The average Bonchev–Trinajstić information content (AvgIpc) is 2.41. The molecule has 0 spiro atoms. The summed E-state index contributed by atoms with van der Waals surface area (Å²) in [6.07, 6.45) is 0.906. The number of aryl methyl sites for hydroxylation is 1. The minimum absolute atomic E-state index is 0.0909. The summed E-state index contributed by atoms with van der Waals surface area (Å²) in [4.78, 5) is 0. The molecule has 1 unspecified atom stereocenters. The molecule has 0 amide bonds. The van der Waals surface area contributed by atoms with Crippen LogP contribution in [0.2, 0.25) is 0 Å². The number of hydrogen-bond donors (Lipinski definition) is 1. The number of para-hydroxylation sites is 1. The van der Waals surface area contributed by atoms with E-state index in [4.69, 9.17) is 0 Å². The minimum atomic E-state index is -0.0909. The van der Waals surface area contributed by atoms with E-state index in [9.17, 15) is 4.39 Å². The van der Waals surface area contributed by atoms with E-state index in [0.717, 1.165) is 24.1 Å². The van der Waals surface area contributed by atoms with Crippen molar-refractivity contribution in [2.75, 3.05) is 11.9 Å². The first-order valence-electron chi connectivity index (χ1n) is 6.32. The Morgan fingerprint density at radius 2 is 2.00 bits per heavy atom. The molecule has 0 radical (unpaired) electrons. The first-order chi connectivity index (χ1) is 8.74. The molecule has 0 aliphatic carbocycles. The molecule has 0 aromatic heterocycles. The van der Waals surface area contributed by atoms with E-state index in [1.807, 2.05) is 31.2 Å². The fourth-order valence-electron chi connectivity index (χ4n) is 2.64. The SMILES string of the molecule is Cc1ccc(F)c(C2CNc3ccccc3C2)c1. The lowest BCUT2D eigenvalue weighted by Crippen LogP contribution is -2.22. The van der Waals surface area contributed by atoms with Gasteiger partial charge in [0.05, 0.1) is 0 Å². The maximum Gasteiger partial charge on any atom is 0.126 e. The monoisotopic (exact) mass is 241 g/mol. The Kier molecular flexibility index (Phi) is 2.78. The smallest absolute Gasteiger partial charge is 0.126 e. The largest absolute Gasteiger partial charge is 0.384 e. The highest BCUT2D eigenvalue weighted by Gasteiger charge is 2.21. The maximum atomic E-state index is 13.9. The Hall–Kier alpha value is -1.83. The first kappa shape index (κ1) is 11.3. The molecule has 2 heteroatoms. The highest BCUT2D eigenvalue weighted by Crippen LogP contribution is 2.31.